The maximum atomic E-state index is 7.18. The van der Waals surface area contributed by atoms with Crippen molar-refractivity contribution in [1.29, 1.82) is 0 Å². The third kappa shape index (κ3) is 4.41. The van der Waals surface area contributed by atoms with Crippen LogP contribution < -0.4 is 41.7 Å². The molecule has 6 aromatic rings. The minimum atomic E-state index is -2.45. The summed E-state index contributed by atoms with van der Waals surface area (Å²) < 4.78 is 0. The second-order valence-electron chi connectivity index (χ2n) is 16.5. The van der Waals surface area contributed by atoms with Gasteiger partial charge in [0.15, 0.2) is 0 Å². The normalized spacial score (nSPS) is 15.2. The van der Waals surface area contributed by atoms with Crippen molar-refractivity contribution in [2.45, 2.75) is 58.9 Å². The number of rotatable bonds is 3. The molecule has 0 saturated carbocycles. The zero-order valence-corrected chi connectivity index (χ0v) is 31.7. The molecule has 0 aromatic heterocycles. The standard InChI is InChI=1S/C45H42BClN2Si/c1-44(2,3)29-19-23-32(24-20-29)48-35-15-11-17-39-42(35)46-41-37(48)27-31(47)28-38(41)49(33-25-21-30(22-26-33)45(4,5)6)36-16-12-18-40(43(36)46)50(39,7)34-13-9-8-10-14-34/h8-28H,1-7H3. The van der Waals surface area contributed by atoms with Gasteiger partial charge >= 0.3 is 0 Å². The highest BCUT2D eigenvalue weighted by Gasteiger charge is 2.53. The van der Waals surface area contributed by atoms with Crippen LogP contribution in [0.4, 0.5) is 34.1 Å². The van der Waals surface area contributed by atoms with Crippen molar-refractivity contribution in [1.82, 2.24) is 0 Å². The first-order valence-corrected chi connectivity index (χ1v) is 20.7. The summed E-state index contributed by atoms with van der Waals surface area (Å²) in [5.74, 6) is 0. The van der Waals surface area contributed by atoms with E-state index in [0.29, 0.717) is 0 Å². The SMILES string of the molecule is CC(C)(C)c1ccc(N2c3cc(Cl)cc4c3B3c5c2cccc5[Si](C)(c2ccccc2)c2cccc(c23)N4c2ccc(C(C)(C)C)cc2)cc1. The van der Waals surface area contributed by atoms with Gasteiger partial charge in [-0.25, -0.2) is 0 Å². The maximum absolute atomic E-state index is 7.18. The van der Waals surface area contributed by atoms with E-state index in [1.807, 2.05) is 0 Å². The van der Waals surface area contributed by atoms with Crippen molar-refractivity contribution in [3.8, 4) is 0 Å². The maximum Gasteiger partial charge on any atom is 0.251 e. The lowest BCUT2D eigenvalue weighted by molar-refractivity contribution is 0.590. The van der Waals surface area contributed by atoms with Gasteiger partial charge in [-0.1, -0.05) is 149 Å². The fourth-order valence-electron chi connectivity index (χ4n) is 8.93. The predicted octanol–water partition coefficient (Wildman–Crippen LogP) is 8.43. The van der Waals surface area contributed by atoms with E-state index in [2.05, 4.69) is 185 Å². The van der Waals surface area contributed by atoms with Crippen LogP contribution in [0, 0.1) is 0 Å². The van der Waals surface area contributed by atoms with Crippen LogP contribution in [0.15, 0.2) is 127 Å². The molecule has 3 aliphatic rings. The molecule has 6 aromatic carbocycles. The fraction of sp³-hybridized carbons (Fsp3) is 0.200. The summed E-state index contributed by atoms with van der Waals surface area (Å²) in [6.45, 7) is 16.3. The van der Waals surface area contributed by atoms with Crippen LogP contribution >= 0.6 is 11.6 Å². The molecule has 246 valence electrons. The summed E-state index contributed by atoms with van der Waals surface area (Å²) in [5, 5.41) is 5.18. The lowest BCUT2D eigenvalue weighted by Crippen LogP contribution is -2.83. The molecule has 3 heterocycles. The molecule has 0 radical (unpaired) electrons. The molecular formula is C45H42BClN2Si. The number of hydrogen-bond acceptors (Lipinski definition) is 2. The first kappa shape index (κ1) is 31.5. The van der Waals surface area contributed by atoms with Crippen LogP contribution in [0.25, 0.3) is 0 Å². The van der Waals surface area contributed by atoms with Gasteiger partial charge in [-0.05, 0) is 92.1 Å². The van der Waals surface area contributed by atoms with Crippen LogP contribution in [-0.2, 0) is 10.8 Å². The van der Waals surface area contributed by atoms with Crippen molar-refractivity contribution >= 4 is 92.5 Å². The monoisotopic (exact) mass is 684 g/mol. The van der Waals surface area contributed by atoms with Crippen LogP contribution in [0.3, 0.4) is 0 Å². The quantitative estimate of drug-likeness (QED) is 0.173. The number of hydrogen-bond donors (Lipinski definition) is 0. The zero-order chi connectivity index (χ0) is 34.7. The van der Waals surface area contributed by atoms with Gasteiger partial charge in [-0.15, -0.1) is 0 Å². The number of benzene rings is 6. The molecule has 0 spiro atoms. The predicted molar refractivity (Wildman–Crippen MR) is 220 cm³/mol. The van der Waals surface area contributed by atoms with E-state index in [1.54, 1.807) is 0 Å². The lowest BCUT2D eigenvalue weighted by atomic mass is 9.33. The van der Waals surface area contributed by atoms with Gasteiger partial charge in [0.05, 0.1) is 0 Å². The summed E-state index contributed by atoms with van der Waals surface area (Å²) in [7, 11) is -2.45. The minimum absolute atomic E-state index is 0.0684. The van der Waals surface area contributed by atoms with Crippen LogP contribution in [0.1, 0.15) is 52.7 Å². The molecule has 0 unspecified atom stereocenters. The van der Waals surface area contributed by atoms with E-state index >= 15 is 0 Å². The molecule has 0 N–H and O–H groups in total. The van der Waals surface area contributed by atoms with Gasteiger partial charge < -0.3 is 9.80 Å². The van der Waals surface area contributed by atoms with Crippen molar-refractivity contribution in [2.24, 2.45) is 0 Å². The molecule has 0 amide bonds. The molecule has 9 rings (SSSR count). The Morgan fingerprint density at radius 3 is 1.36 bits per heavy atom. The number of anilines is 6. The summed E-state index contributed by atoms with van der Waals surface area (Å²) >= 11 is 7.18. The second kappa shape index (κ2) is 10.7. The highest BCUT2D eigenvalue weighted by atomic mass is 35.5. The van der Waals surface area contributed by atoms with Crippen molar-refractivity contribution < 1.29 is 0 Å². The lowest BCUT2D eigenvalue weighted by Gasteiger charge is -2.50. The highest BCUT2D eigenvalue weighted by molar-refractivity contribution is 7.21. The highest BCUT2D eigenvalue weighted by Crippen LogP contribution is 2.46. The Balaban J connectivity index is 1.39. The first-order chi connectivity index (χ1) is 23.9. The van der Waals surface area contributed by atoms with E-state index in [4.69, 9.17) is 11.6 Å². The van der Waals surface area contributed by atoms with Gasteiger partial charge in [-0.2, -0.15) is 0 Å². The average Bonchev–Trinajstić information content (AvgIpc) is 3.10. The summed E-state index contributed by atoms with van der Waals surface area (Å²) in [6, 6.07) is 48.2. The Hall–Kier alpha value is -4.51. The van der Waals surface area contributed by atoms with E-state index in [9.17, 15) is 0 Å². The number of halogens is 1. The average molecular weight is 685 g/mol. The molecule has 50 heavy (non-hydrogen) atoms. The topological polar surface area (TPSA) is 6.48 Å². The summed E-state index contributed by atoms with van der Waals surface area (Å²) in [5.41, 5.74) is 14.2. The van der Waals surface area contributed by atoms with Gasteiger partial charge in [0.2, 0.25) is 0 Å². The molecule has 5 heteroatoms. The Morgan fingerprint density at radius 1 is 0.500 bits per heavy atom. The largest absolute Gasteiger partial charge is 0.311 e. The smallest absolute Gasteiger partial charge is 0.251 e. The van der Waals surface area contributed by atoms with Gasteiger partial charge in [0.25, 0.3) is 6.71 Å². The van der Waals surface area contributed by atoms with Gasteiger partial charge in [0.1, 0.15) is 8.07 Å². The summed E-state index contributed by atoms with van der Waals surface area (Å²) in [6.07, 6.45) is 0. The van der Waals surface area contributed by atoms with E-state index in [1.165, 1.54) is 54.5 Å². The van der Waals surface area contributed by atoms with E-state index in [-0.39, 0.29) is 17.5 Å². The number of nitrogens with zero attached hydrogens (tertiary/aromatic N) is 2. The van der Waals surface area contributed by atoms with Crippen LogP contribution in [0.5, 0.6) is 0 Å². The van der Waals surface area contributed by atoms with Crippen LogP contribution in [-0.4, -0.2) is 14.8 Å². The van der Waals surface area contributed by atoms with Crippen LogP contribution in [0.2, 0.25) is 11.6 Å². The summed E-state index contributed by atoms with van der Waals surface area (Å²) in [4.78, 5) is 4.98. The Kier molecular flexibility index (Phi) is 6.76. The second-order valence-corrected chi connectivity index (χ2v) is 20.9. The molecule has 0 saturated heterocycles. The molecule has 3 aliphatic heterocycles. The zero-order valence-electron chi connectivity index (χ0n) is 30.0. The van der Waals surface area contributed by atoms with Crippen molar-refractivity contribution in [3.63, 3.8) is 0 Å². The Morgan fingerprint density at radius 2 is 0.940 bits per heavy atom. The Bertz CT molecular complexity index is 2180. The third-order valence-corrected chi connectivity index (χ3v) is 16.2. The molecule has 0 bridgehead atoms. The van der Waals surface area contributed by atoms with Crippen molar-refractivity contribution in [3.05, 3.63) is 144 Å². The van der Waals surface area contributed by atoms with Gasteiger partial charge in [-0.3, -0.25) is 0 Å². The van der Waals surface area contributed by atoms with Crippen molar-refractivity contribution in [2.75, 3.05) is 9.80 Å². The molecule has 2 nitrogen and oxygen atoms in total. The molecule has 0 aliphatic carbocycles. The molecule has 0 fully saturated rings. The Labute approximate surface area is 303 Å². The minimum Gasteiger partial charge on any atom is -0.311 e. The van der Waals surface area contributed by atoms with E-state index in [0.717, 1.165) is 27.8 Å². The molecular weight excluding hydrogens is 643 g/mol. The third-order valence-electron chi connectivity index (χ3n) is 11.5. The van der Waals surface area contributed by atoms with E-state index < -0.39 is 8.07 Å². The van der Waals surface area contributed by atoms with Gasteiger partial charge in [0, 0.05) is 39.1 Å². The molecule has 0 atom stereocenters. The first-order valence-electron chi connectivity index (χ1n) is 17.8. The fourth-order valence-corrected chi connectivity index (χ4v) is 13.4.